The topological polar surface area (TPSA) is 81.1 Å². The molecule has 0 saturated carbocycles. The highest BCUT2D eigenvalue weighted by Crippen LogP contribution is 2.46. The molecule has 0 aliphatic carbocycles. The number of nitrogens with zero attached hydrogens (tertiary/aromatic N) is 4. The molecule has 5 aromatic rings. The molecule has 3 unspecified atom stereocenters. The molecule has 13 heteroatoms. The fraction of sp³-hybridized carbons (Fsp3) is 0.536. The highest BCUT2D eigenvalue weighted by molar-refractivity contribution is 6.99. The van der Waals surface area contributed by atoms with Gasteiger partial charge in [-0.3, -0.25) is 4.90 Å². The smallest absolute Gasteiger partial charge is 0.410 e. The van der Waals surface area contributed by atoms with Gasteiger partial charge < -0.3 is 24.1 Å². The summed E-state index contributed by atoms with van der Waals surface area (Å²) < 4.78 is 74.7. The maximum atomic E-state index is 18.9. The van der Waals surface area contributed by atoms with Crippen LogP contribution in [0.1, 0.15) is 143 Å². The maximum absolute atomic E-state index is 18.9. The fourth-order valence-corrected chi connectivity index (χ4v) is 15.9. The van der Waals surface area contributed by atoms with E-state index in [1.807, 2.05) is 92.0 Å². The van der Waals surface area contributed by atoms with Crippen molar-refractivity contribution in [2.45, 2.75) is 167 Å². The van der Waals surface area contributed by atoms with Gasteiger partial charge >= 0.3 is 6.09 Å². The summed E-state index contributed by atoms with van der Waals surface area (Å²) in [7, 11) is -3.25. The van der Waals surface area contributed by atoms with Crippen molar-refractivity contribution >= 4 is 41.4 Å². The average molecular weight is 966 g/mol. The van der Waals surface area contributed by atoms with Crippen molar-refractivity contribution in [3.8, 4) is 0 Å². The van der Waals surface area contributed by atoms with Crippen LogP contribution in [0.25, 0.3) is 10.9 Å². The molecule has 4 heterocycles. The van der Waals surface area contributed by atoms with Crippen molar-refractivity contribution in [1.82, 2.24) is 19.6 Å². The molecule has 3 aliphatic heterocycles. The second-order valence-electron chi connectivity index (χ2n) is 22.1. The number of aromatic nitrogens is 2. The first-order chi connectivity index (χ1) is 32.8. The minimum Gasteiger partial charge on any atom is -0.444 e. The normalized spacial score (nSPS) is 20.8. The van der Waals surface area contributed by atoms with Crippen molar-refractivity contribution < 1.29 is 31.9 Å². The molecule has 2 fully saturated rings. The molecule has 0 radical (unpaired) electrons. The molecular weight excluding hydrogens is 892 g/mol. The van der Waals surface area contributed by atoms with E-state index in [0.29, 0.717) is 32.5 Å². The number of halogens is 3. The number of hydrogen-bond donors (Lipinski definition) is 1. The molecule has 3 aliphatic rings. The standard InChI is InChI=1S/C56H74F3N5O4Si/c1-10-11-12-19-26-49(68-69(55(6,7)8,41-22-15-13-16-23-41)42-24-17-14-18-25-42)56(9,59)37-63-38(2)31-44-43(28-29-48-45(44)34-60-64(48)50-27-20-21-30-66-50)52(63)51-46(57)32-39(33-47(51)58)61-40-35-62(36-40)53(65)67-54(3,4)5/h13-18,22-25,28-29,32-34,38,40,49-50,52,61H,10-12,19-21,26-27,30-31,35-37H2,1-9H3/t38-,49?,50?,52+,56?/m1/s1. The largest absolute Gasteiger partial charge is 0.444 e. The van der Waals surface area contributed by atoms with Crippen molar-refractivity contribution in [3.05, 3.63) is 119 Å². The number of nitrogens with one attached hydrogen (secondary N) is 1. The Hall–Kier alpha value is -4.69. The van der Waals surface area contributed by atoms with E-state index >= 15 is 13.2 Å². The van der Waals surface area contributed by atoms with Gasteiger partial charge in [-0.2, -0.15) is 5.10 Å². The van der Waals surface area contributed by atoms with Crippen molar-refractivity contribution in [2.24, 2.45) is 0 Å². The first-order valence-electron chi connectivity index (χ1n) is 25.4. The number of hydrogen-bond acceptors (Lipinski definition) is 7. The molecular formula is C56H74F3N5O4Si. The van der Waals surface area contributed by atoms with E-state index < -0.39 is 54.5 Å². The molecule has 4 aromatic carbocycles. The summed E-state index contributed by atoms with van der Waals surface area (Å²) in [5.41, 5.74) is 0.0889. The number of carbonyl (C=O) groups is 1. The van der Waals surface area contributed by atoms with Gasteiger partial charge in [0.2, 0.25) is 0 Å². The molecule has 0 spiro atoms. The molecule has 5 atom stereocenters. The number of likely N-dealkylation sites (tertiary alicyclic amines) is 1. The Morgan fingerprint density at radius 1 is 0.899 bits per heavy atom. The average Bonchev–Trinajstić information content (AvgIpc) is 3.73. The van der Waals surface area contributed by atoms with Crippen LogP contribution in [0, 0.1) is 11.6 Å². The van der Waals surface area contributed by atoms with Crippen LogP contribution in [0.2, 0.25) is 5.04 Å². The third-order valence-corrected chi connectivity index (χ3v) is 19.6. The lowest BCUT2D eigenvalue weighted by molar-refractivity contribution is -0.0367. The van der Waals surface area contributed by atoms with Crippen molar-refractivity contribution in [2.75, 3.05) is 31.6 Å². The second-order valence-corrected chi connectivity index (χ2v) is 26.3. The van der Waals surface area contributed by atoms with Gasteiger partial charge in [0, 0.05) is 48.9 Å². The van der Waals surface area contributed by atoms with Crippen molar-refractivity contribution in [3.63, 3.8) is 0 Å². The second kappa shape index (κ2) is 20.6. The zero-order chi connectivity index (χ0) is 49.3. The Bertz CT molecular complexity index is 2470. The van der Waals surface area contributed by atoms with Crippen LogP contribution in [-0.4, -0.2) is 89.7 Å². The van der Waals surface area contributed by atoms with Gasteiger partial charge in [-0.25, -0.2) is 22.6 Å². The van der Waals surface area contributed by atoms with E-state index in [0.717, 1.165) is 77.3 Å². The van der Waals surface area contributed by atoms with E-state index in [4.69, 9.17) is 19.0 Å². The number of benzene rings is 4. The van der Waals surface area contributed by atoms with Crippen LogP contribution in [0.15, 0.2) is 91.1 Å². The van der Waals surface area contributed by atoms with Crippen LogP contribution < -0.4 is 15.7 Å². The van der Waals surface area contributed by atoms with Crippen LogP contribution in [0.3, 0.4) is 0 Å². The molecule has 2 saturated heterocycles. The summed E-state index contributed by atoms with van der Waals surface area (Å²) in [5, 5.41) is 10.7. The first-order valence-corrected chi connectivity index (χ1v) is 27.3. The zero-order valence-corrected chi connectivity index (χ0v) is 43.3. The molecule has 8 rings (SSSR count). The van der Waals surface area contributed by atoms with Crippen LogP contribution in [0.4, 0.5) is 23.7 Å². The number of carbonyl (C=O) groups excluding carboxylic acids is 1. The van der Waals surface area contributed by atoms with E-state index in [9.17, 15) is 4.79 Å². The van der Waals surface area contributed by atoms with E-state index in [1.54, 1.807) is 11.8 Å². The van der Waals surface area contributed by atoms with Crippen LogP contribution >= 0.6 is 0 Å². The minimum atomic E-state index is -3.25. The summed E-state index contributed by atoms with van der Waals surface area (Å²) in [6.45, 7) is 19.1. The first kappa shape index (κ1) is 50.7. The summed E-state index contributed by atoms with van der Waals surface area (Å²) >= 11 is 0. The molecule has 1 N–H and O–H groups in total. The lowest BCUT2D eigenvalue weighted by atomic mass is 9.81. The van der Waals surface area contributed by atoms with E-state index in [1.165, 1.54) is 12.1 Å². The Morgan fingerprint density at radius 3 is 2.13 bits per heavy atom. The molecule has 1 amide bonds. The Labute approximate surface area is 409 Å². The van der Waals surface area contributed by atoms with Gasteiger partial charge in [0.05, 0.1) is 29.9 Å². The quantitative estimate of drug-likeness (QED) is 0.0779. The van der Waals surface area contributed by atoms with Gasteiger partial charge in [-0.1, -0.05) is 120 Å². The zero-order valence-electron chi connectivity index (χ0n) is 42.3. The molecule has 69 heavy (non-hydrogen) atoms. The third-order valence-electron chi connectivity index (χ3n) is 14.5. The predicted octanol–water partition coefficient (Wildman–Crippen LogP) is 12.0. The predicted molar refractivity (Wildman–Crippen MR) is 273 cm³/mol. The van der Waals surface area contributed by atoms with Gasteiger partial charge in [-0.05, 0) is 111 Å². The summed E-state index contributed by atoms with van der Waals surface area (Å²) in [4.78, 5) is 16.2. The Balaban J connectivity index is 1.19. The highest BCUT2D eigenvalue weighted by atomic mass is 28.4. The lowest BCUT2D eigenvalue weighted by Crippen LogP contribution is -2.69. The molecule has 9 nitrogen and oxygen atoms in total. The summed E-state index contributed by atoms with van der Waals surface area (Å²) in [5.74, 6) is -1.47. The maximum Gasteiger partial charge on any atom is 0.410 e. The monoisotopic (exact) mass is 966 g/mol. The molecule has 1 aromatic heterocycles. The number of anilines is 1. The molecule has 0 bridgehead atoms. The van der Waals surface area contributed by atoms with Crippen LogP contribution in [-0.2, 0) is 20.3 Å². The molecule has 372 valence electrons. The minimum absolute atomic E-state index is 0.135. The number of unbranched alkanes of at least 4 members (excludes halogenated alkanes) is 3. The summed E-state index contributed by atoms with van der Waals surface area (Å²) in [6.07, 6.45) is 8.07. The van der Waals surface area contributed by atoms with Crippen LogP contribution in [0.5, 0.6) is 0 Å². The fourth-order valence-electron chi connectivity index (χ4n) is 11.1. The number of alkyl halides is 1. The third kappa shape index (κ3) is 10.7. The van der Waals surface area contributed by atoms with E-state index in [2.05, 4.69) is 57.3 Å². The van der Waals surface area contributed by atoms with Gasteiger partial charge in [0.25, 0.3) is 8.32 Å². The number of amides is 1. The number of rotatable bonds is 16. The van der Waals surface area contributed by atoms with Crippen molar-refractivity contribution in [1.29, 1.82) is 0 Å². The van der Waals surface area contributed by atoms with Gasteiger partial charge in [-0.15, -0.1) is 0 Å². The van der Waals surface area contributed by atoms with E-state index in [-0.39, 0.29) is 36.1 Å². The number of ether oxygens (including phenoxy) is 2. The lowest BCUT2D eigenvalue weighted by Gasteiger charge is -2.50. The van der Waals surface area contributed by atoms with Gasteiger partial charge in [0.15, 0.2) is 6.23 Å². The SMILES string of the molecule is CCCCCCC(O[Si](c1ccccc1)(c1ccccc1)C(C)(C)C)C(C)(F)CN1[C@H](c2c(F)cc(NC3CN(C(=O)OC(C)(C)C)C3)cc2F)c2ccc3c(cnn3C3CCCCO3)c2C[C@H]1C. The Kier molecular flexibility index (Phi) is 15.1. The highest BCUT2D eigenvalue weighted by Gasteiger charge is 2.55. The summed E-state index contributed by atoms with van der Waals surface area (Å²) in [6, 6.07) is 25.7. The number of fused-ring (bicyclic) bond motifs is 3. The Morgan fingerprint density at radius 2 is 1.55 bits per heavy atom. The van der Waals surface area contributed by atoms with Gasteiger partial charge in [0.1, 0.15) is 22.9 Å².